The third kappa shape index (κ3) is 3.49. The SMILES string of the molecule is O=C(CN1C(=O)S/C(=C/c2ccco2)C1=O)Nc1ccccn1. The van der Waals surface area contributed by atoms with E-state index in [1.54, 1.807) is 30.3 Å². The molecule has 0 aliphatic carbocycles. The summed E-state index contributed by atoms with van der Waals surface area (Å²) in [5.74, 6) is -0.193. The molecular formula is C15H11N3O4S. The zero-order valence-corrected chi connectivity index (χ0v) is 12.6. The number of imide groups is 1. The predicted molar refractivity (Wildman–Crippen MR) is 84.3 cm³/mol. The van der Waals surface area contributed by atoms with Crippen LogP contribution in [-0.4, -0.2) is 33.5 Å². The van der Waals surface area contributed by atoms with E-state index in [0.717, 1.165) is 16.7 Å². The summed E-state index contributed by atoms with van der Waals surface area (Å²) in [5.41, 5.74) is 0. The van der Waals surface area contributed by atoms with Gasteiger partial charge in [0.2, 0.25) is 5.91 Å². The van der Waals surface area contributed by atoms with Crippen LogP contribution in [0.15, 0.2) is 52.1 Å². The van der Waals surface area contributed by atoms with Crippen molar-refractivity contribution in [2.24, 2.45) is 0 Å². The van der Waals surface area contributed by atoms with Gasteiger partial charge in [0, 0.05) is 12.3 Å². The number of hydrogen-bond acceptors (Lipinski definition) is 6. The van der Waals surface area contributed by atoms with E-state index >= 15 is 0 Å². The van der Waals surface area contributed by atoms with Crippen molar-refractivity contribution in [1.82, 2.24) is 9.88 Å². The number of anilines is 1. The molecule has 0 radical (unpaired) electrons. The van der Waals surface area contributed by atoms with Gasteiger partial charge in [-0.1, -0.05) is 6.07 Å². The molecule has 1 fully saturated rings. The molecule has 23 heavy (non-hydrogen) atoms. The number of hydrogen-bond donors (Lipinski definition) is 1. The van der Waals surface area contributed by atoms with Crippen LogP contribution in [0.3, 0.4) is 0 Å². The topological polar surface area (TPSA) is 92.5 Å². The maximum Gasteiger partial charge on any atom is 0.294 e. The Hall–Kier alpha value is -2.87. The Labute approximate surface area is 135 Å². The van der Waals surface area contributed by atoms with Crippen LogP contribution < -0.4 is 5.32 Å². The van der Waals surface area contributed by atoms with Crippen LogP contribution in [0, 0.1) is 0 Å². The number of nitrogens with one attached hydrogen (secondary N) is 1. The van der Waals surface area contributed by atoms with Crippen LogP contribution in [-0.2, 0) is 9.59 Å². The molecule has 3 heterocycles. The van der Waals surface area contributed by atoms with Crippen molar-refractivity contribution in [3.8, 4) is 0 Å². The highest BCUT2D eigenvalue weighted by Gasteiger charge is 2.36. The molecule has 2 aromatic rings. The van der Waals surface area contributed by atoms with Crippen molar-refractivity contribution in [2.75, 3.05) is 11.9 Å². The van der Waals surface area contributed by atoms with Crippen molar-refractivity contribution in [1.29, 1.82) is 0 Å². The first-order valence-electron chi connectivity index (χ1n) is 6.63. The van der Waals surface area contributed by atoms with Crippen molar-refractivity contribution in [3.05, 3.63) is 53.5 Å². The fourth-order valence-corrected chi connectivity index (χ4v) is 2.72. The number of rotatable bonds is 4. The van der Waals surface area contributed by atoms with E-state index in [1.807, 2.05) is 0 Å². The van der Waals surface area contributed by atoms with Gasteiger partial charge in [0.25, 0.3) is 11.1 Å². The van der Waals surface area contributed by atoms with Crippen LogP contribution in [0.1, 0.15) is 5.76 Å². The monoisotopic (exact) mass is 329 g/mol. The Balaban J connectivity index is 1.67. The Kier molecular flexibility index (Phi) is 4.24. The number of thioether (sulfide) groups is 1. The smallest absolute Gasteiger partial charge is 0.294 e. The number of carbonyl (C=O) groups is 3. The fraction of sp³-hybridized carbons (Fsp3) is 0.0667. The molecule has 0 unspecified atom stereocenters. The van der Waals surface area contributed by atoms with Crippen molar-refractivity contribution in [2.45, 2.75) is 0 Å². The van der Waals surface area contributed by atoms with Gasteiger partial charge in [-0.15, -0.1) is 0 Å². The number of furan rings is 1. The normalized spacial score (nSPS) is 16.2. The van der Waals surface area contributed by atoms with Crippen LogP contribution in [0.4, 0.5) is 10.6 Å². The van der Waals surface area contributed by atoms with Crippen molar-refractivity contribution < 1.29 is 18.8 Å². The summed E-state index contributed by atoms with van der Waals surface area (Å²) in [7, 11) is 0. The Morgan fingerprint density at radius 3 is 2.87 bits per heavy atom. The van der Waals surface area contributed by atoms with E-state index in [9.17, 15) is 14.4 Å². The van der Waals surface area contributed by atoms with Gasteiger partial charge in [0.1, 0.15) is 18.1 Å². The van der Waals surface area contributed by atoms with Gasteiger partial charge in [0.15, 0.2) is 0 Å². The lowest BCUT2D eigenvalue weighted by atomic mass is 10.3. The molecule has 3 amide bonds. The number of pyridine rings is 1. The Morgan fingerprint density at radius 1 is 1.30 bits per heavy atom. The summed E-state index contributed by atoms with van der Waals surface area (Å²) < 4.78 is 5.12. The molecule has 116 valence electrons. The van der Waals surface area contributed by atoms with E-state index in [4.69, 9.17) is 4.42 Å². The van der Waals surface area contributed by atoms with E-state index in [1.165, 1.54) is 18.5 Å². The molecule has 0 saturated carbocycles. The quantitative estimate of drug-likeness (QED) is 0.866. The van der Waals surface area contributed by atoms with Crippen LogP contribution >= 0.6 is 11.8 Å². The standard InChI is InChI=1S/C15H11N3O4S/c19-13(17-12-5-1-2-6-16-12)9-18-14(20)11(23-15(18)21)8-10-4-3-7-22-10/h1-8H,9H2,(H,16,17,19)/b11-8+. The van der Waals surface area contributed by atoms with E-state index < -0.39 is 17.1 Å². The first kappa shape index (κ1) is 15.0. The lowest BCUT2D eigenvalue weighted by Gasteiger charge is -2.11. The minimum absolute atomic E-state index is 0.218. The molecule has 7 nitrogen and oxygen atoms in total. The molecule has 3 rings (SSSR count). The lowest BCUT2D eigenvalue weighted by molar-refractivity contribution is -0.127. The Morgan fingerprint density at radius 2 is 2.17 bits per heavy atom. The van der Waals surface area contributed by atoms with Gasteiger partial charge >= 0.3 is 0 Å². The van der Waals surface area contributed by atoms with E-state index in [0.29, 0.717) is 11.6 Å². The second-order valence-corrected chi connectivity index (χ2v) is 5.54. The first-order valence-corrected chi connectivity index (χ1v) is 7.45. The van der Waals surface area contributed by atoms with Gasteiger partial charge in [-0.2, -0.15) is 0 Å². The van der Waals surface area contributed by atoms with Gasteiger partial charge in [-0.3, -0.25) is 19.3 Å². The molecule has 0 aromatic carbocycles. The van der Waals surface area contributed by atoms with Gasteiger partial charge in [0.05, 0.1) is 11.2 Å². The summed E-state index contributed by atoms with van der Waals surface area (Å²) in [6, 6.07) is 8.39. The average Bonchev–Trinajstić information content (AvgIpc) is 3.13. The summed E-state index contributed by atoms with van der Waals surface area (Å²) in [5, 5.41) is 2.03. The molecule has 0 bridgehead atoms. The largest absolute Gasteiger partial charge is 0.465 e. The number of carbonyl (C=O) groups excluding carboxylic acids is 3. The molecule has 1 saturated heterocycles. The summed E-state index contributed by atoms with van der Waals surface area (Å²) >= 11 is 0.771. The minimum atomic E-state index is -0.521. The van der Waals surface area contributed by atoms with Gasteiger partial charge in [-0.25, -0.2) is 4.98 Å². The highest BCUT2D eigenvalue weighted by atomic mass is 32.2. The summed E-state index contributed by atoms with van der Waals surface area (Å²) in [4.78, 5) is 41.1. The number of nitrogens with zero attached hydrogens (tertiary/aromatic N) is 2. The summed E-state index contributed by atoms with van der Waals surface area (Å²) in [6.45, 7) is -0.364. The third-order valence-corrected chi connectivity index (χ3v) is 3.83. The van der Waals surface area contributed by atoms with Crippen molar-refractivity contribution >= 4 is 40.7 Å². The molecule has 0 atom stereocenters. The zero-order valence-electron chi connectivity index (χ0n) is 11.8. The fourth-order valence-electron chi connectivity index (χ4n) is 1.90. The second kappa shape index (κ2) is 6.49. The van der Waals surface area contributed by atoms with E-state index in [2.05, 4.69) is 10.3 Å². The Bertz CT molecular complexity index is 771. The zero-order chi connectivity index (χ0) is 16.2. The molecule has 2 aromatic heterocycles. The average molecular weight is 329 g/mol. The molecule has 1 aliphatic rings. The lowest BCUT2D eigenvalue weighted by Crippen LogP contribution is -2.36. The maximum atomic E-state index is 12.2. The second-order valence-electron chi connectivity index (χ2n) is 4.55. The molecule has 1 aliphatic heterocycles. The minimum Gasteiger partial charge on any atom is -0.465 e. The van der Waals surface area contributed by atoms with Crippen LogP contribution in [0.2, 0.25) is 0 Å². The molecule has 8 heteroatoms. The van der Waals surface area contributed by atoms with E-state index in [-0.39, 0.29) is 11.4 Å². The highest BCUT2D eigenvalue weighted by Crippen LogP contribution is 2.32. The van der Waals surface area contributed by atoms with Crippen LogP contribution in [0.25, 0.3) is 6.08 Å². The maximum absolute atomic E-state index is 12.2. The number of aromatic nitrogens is 1. The highest BCUT2D eigenvalue weighted by molar-refractivity contribution is 8.18. The summed E-state index contributed by atoms with van der Waals surface area (Å²) in [6.07, 6.45) is 4.47. The van der Waals surface area contributed by atoms with Gasteiger partial charge < -0.3 is 9.73 Å². The third-order valence-electron chi connectivity index (χ3n) is 2.92. The predicted octanol–water partition coefficient (Wildman–Crippen LogP) is 2.35. The van der Waals surface area contributed by atoms with Crippen molar-refractivity contribution in [3.63, 3.8) is 0 Å². The molecular weight excluding hydrogens is 318 g/mol. The molecule has 1 N–H and O–H groups in total. The molecule has 0 spiro atoms. The first-order chi connectivity index (χ1) is 11.1. The number of amides is 3. The van der Waals surface area contributed by atoms with Gasteiger partial charge in [-0.05, 0) is 36.0 Å². The van der Waals surface area contributed by atoms with Crippen LogP contribution in [0.5, 0.6) is 0 Å².